The van der Waals surface area contributed by atoms with Crippen LogP contribution in [0.25, 0.3) is 0 Å². The van der Waals surface area contributed by atoms with Gasteiger partial charge in [0.25, 0.3) is 5.91 Å². The molecule has 0 aromatic heterocycles. The molecule has 1 aromatic rings. The predicted octanol–water partition coefficient (Wildman–Crippen LogP) is 1.55. The lowest BCUT2D eigenvalue weighted by molar-refractivity contribution is -0.120. The van der Waals surface area contributed by atoms with Crippen LogP contribution in [-0.2, 0) is 4.79 Å². The van der Waals surface area contributed by atoms with Crippen molar-refractivity contribution in [3.05, 3.63) is 23.8 Å². The van der Waals surface area contributed by atoms with Gasteiger partial charge in [0.05, 0.1) is 13.2 Å². The Morgan fingerprint density at radius 3 is 2.50 bits per heavy atom. The van der Waals surface area contributed by atoms with E-state index in [9.17, 15) is 18.4 Å². The molecule has 0 unspecified atom stereocenters. The van der Waals surface area contributed by atoms with Crippen LogP contribution in [0.1, 0.15) is 24.2 Å². The van der Waals surface area contributed by atoms with Crippen molar-refractivity contribution in [2.75, 3.05) is 19.7 Å². The summed E-state index contributed by atoms with van der Waals surface area (Å²) in [6, 6.07) is 3.82. The minimum absolute atomic E-state index is 0.0356. The molecule has 0 aliphatic rings. The zero-order chi connectivity index (χ0) is 16.5. The lowest BCUT2D eigenvalue weighted by Gasteiger charge is -2.12. The maximum Gasteiger partial charge on any atom is 0.387 e. The second-order valence-corrected chi connectivity index (χ2v) is 4.11. The number of carbonyl (C=O) groups is 2. The molecule has 2 N–H and O–H groups in total. The Bertz CT molecular complexity index is 524. The Labute approximate surface area is 126 Å². The highest BCUT2D eigenvalue weighted by molar-refractivity contribution is 5.97. The van der Waals surface area contributed by atoms with Crippen molar-refractivity contribution in [2.24, 2.45) is 0 Å². The highest BCUT2D eigenvalue weighted by atomic mass is 19.3. The lowest BCUT2D eigenvalue weighted by atomic mass is 10.2. The third-order valence-corrected chi connectivity index (χ3v) is 2.51. The number of amides is 2. The van der Waals surface area contributed by atoms with Gasteiger partial charge >= 0.3 is 6.61 Å². The van der Waals surface area contributed by atoms with Gasteiger partial charge in [0.15, 0.2) is 11.5 Å². The minimum atomic E-state index is -2.99. The summed E-state index contributed by atoms with van der Waals surface area (Å²) < 4.78 is 34.0. The van der Waals surface area contributed by atoms with E-state index in [0.717, 1.165) is 0 Å². The molecule has 122 valence electrons. The highest BCUT2D eigenvalue weighted by Gasteiger charge is 2.15. The third-order valence-electron chi connectivity index (χ3n) is 2.51. The maximum absolute atomic E-state index is 12.3. The van der Waals surface area contributed by atoms with E-state index in [4.69, 9.17) is 4.74 Å². The van der Waals surface area contributed by atoms with E-state index >= 15 is 0 Å². The second-order valence-electron chi connectivity index (χ2n) is 4.11. The van der Waals surface area contributed by atoms with Crippen LogP contribution in [0.3, 0.4) is 0 Å². The number of alkyl halides is 2. The average Bonchev–Trinajstić information content (AvgIpc) is 2.46. The first-order valence-corrected chi connectivity index (χ1v) is 6.74. The number of rotatable bonds is 8. The van der Waals surface area contributed by atoms with Gasteiger partial charge in [-0.1, -0.05) is 0 Å². The molecule has 0 atom stereocenters. The number of nitrogens with one attached hydrogen (secondary N) is 2. The lowest BCUT2D eigenvalue weighted by Crippen LogP contribution is -2.36. The van der Waals surface area contributed by atoms with Gasteiger partial charge in [-0.2, -0.15) is 8.78 Å². The van der Waals surface area contributed by atoms with Crippen LogP contribution in [0.5, 0.6) is 11.5 Å². The molecule has 0 aliphatic heterocycles. The Kier molecular flexibility index (Phi) is 7.07. The number of ether oxygens (including phenoxy) is 2. The number of hydrogen-bond acceptors (Lipinski definition) is 4. The normalized spacial score (nSPS) is 10.2. The summed E-state index contributed by atoms with van der Waals surface area (Å²) in [5, 5.41) is 4.95. The van der Waals surface area contributed by atoms with E-state index in [-0.39, 0.29) is 36.1 Å². The summed E-state index contributed by atoms with van der Waals surface area (Å²) in [7, 11) is 0. The van der Waals surface area contributed by atoms with E-state index in [1.807, 2.05) is 0 Å². The average molecular weight is 316 g/mol. The summed E-state index contributed by atoms with van der Waals surface area (Å²) in [6.07, 6.45) is 0. The smallest absolute Gasteiger partial charge is 0.387 e. The zero-order valence-electron chi connectivity index (χ0n) is 12.3. The number of halogens is 2. The Morgan fingerprint density at radius 1 is 1.18 bits per heavy atom. The van der Waals surface area contributed by atoms with Crippen molar-refractivity contribution in [3.8, 4) is 11.5 Å². The number of carbonyl (C=O) groups excluding carboxylic acids is 2. The summed E-state index contributed by atoms with van der Waals surface area (Å²) >= 11 is 0. The van der Waals surface area contributed by atoms with Crippen LogP contribution in [-0.4, -0.2) is 38.1 Å². The van der Waals surface area contributed by atoms with Gasteiger partial charge < -0.3 is 20.1 Å². The molecule has 0 saturated heterocycles. The maximum atomic E-state index is 12.3. The molecular weight excluding hydrogens is 298 g/mol. The van der Waals surface area contributed by atoms with Crippen molar-refractivity contribution in [2.45, 2.75) is 20.5 Å². The van der Waals surface area contributed by atoms with Gasteiger partial charge in [0.1, 0.15) is 0 Å². The molecule has 22 heavy (non-hydrogen) atoms. The van der Waals surface area contributed by atoms with Crippen LogP contribution in [0, 0.1) is 0 Å². The van der Waals surface area contributed by atoms with E-state index in [2.05, 4.69) is 15.4 Å². The zero-order valence-corrected chi connectivity index (χ0v) is 12.3. The van der Waals surface area contributed by atoms with Crippen LogP contribution < -0.4 is 20.1 Å². The van der Waals surface area contributed by atoms with Crippen LogP contribution in [0.15, 0.2) is 18.2 Å². The molecule has 1 aromatic carbocycles. The molecule has 0 fully saturated rings. The molecule has 0 aliphatic carbocycles. The van der Waals surface area contributed by atoms with Crippen LogP contribution >= 0.6 is 0 Å². The molecule has 8 heteroatoms. The fourth-order valence-corrected chi connectivity index (χ4v) is 1.63. The first-order chi connectivity index (χ1) is 10.5. The van der Waals surface area contributed by atoms with Gasteiger partial charge in [0, 0.05) is 12.1 Å². The standard InChI is InChI=1S/C14H18F2N2O4/c1-3-17-12(19)8-18-13(20)9-5-6-10(22-14(15)16)11(7-9)21-4-2/h5-7,14H,3-4,8H2,1-2H3,(H,17,19)(H,18,20). The Morgan fingerprint density at radius 2 is 1.91 bits per heavy atom. The largest absolute Gasteiger partial charge is 0.490 e. The first kappa shape index (κ1) is 17.7. The molecule has 6 nitrogen and oxygen atoms in total. The van der Waals surface area contributed by atoms with E-state index in [0.29, 0.717) is 6.54 Å². The molecule has 0 heterocycles. The van der Waals surface area contributed by atoms with Gasteiger partial charge in [-0.3, -0.25) is 9.59 Å². The van der Waals surface area contributed by atoms with E-state index < -0.39 is 12.5 Å². The van der Waals surface area contributed by atoms with Crippen molar-refractivity contribution in [1.82, 2.24) is 10.6 Å². The van der Waals surface area contributed by atoms with Gasteiger partial charge in [0.2, 0.25) is 5.91 Å². The van der Waals surface area contributed by atoms with Crippen molar-refractivity contribution >= 4 is 11.8 Å². The topological polar surface area (TPSA) is 76.7 Å². The van der Waals surface area contributed by atoms with Gasteiger partial charge in [-0.25, -0.2) is 0 Å². The third kappa shape index (κ3) is 5.55. The van der Waals surface area contributed by atoms with Crippen LogP contribution in [0.4, 0.5) is 8.78 Å². The predicted molar refractivity (Wildman–Crippen MR) is 75.3 cm³/mol. The fraction of sp³-hybridized carbons (Fsp3) is 0.429. The molecule has 0 saturated carbocycles. The first-order valence-electron chi connectivity index (χ1n) is 6.74. The summed E-state index contributed by atoms with van der Waals surface area (Å²) in [4.78, 5) is 23.2. The molecular formula is C14H18F2N2O4. The minimum Gasteiger partial charge on any atom is -0.490 e. The summed E-state index contributed by atoms with van der Waals surface area (Å²) in [5.41, 5.74) is 0.175. The molecule has 1 rings (SSSR count). The molecule has 0 spiro atoms. The monoisotopic (exact) mass is 316 g/mol. The fourth-order valence-electron chi connectivity index (χ4n) is 1.63. The summed E-state index contributed by atoms with van der Waals surface area (Å²) in [5.74, 6) is -0.958. The van der Waals surface area contributed by atoms with Crippen molar-refractivity contribution < 1.29 is 27.8 Å². The van der Waals surface area contributed by atoms with Crippen LogP contribution in [0.2, 0.25) is 0 Å². The number of benzene rings is 1. The molecule has 2 amide bonds. The van der Waals surface area contributed by atoms with Gasteiger partial charge in [-0.15, -0.1) is 0 Å². The van der Waals surface area contributed by atoms with Crippen molar-refractivity contribution in [1.29, 1.82) is 0 Å². The second kappa shape index (κ2) is 8.81. The molecule has 0 radical (unpaired) electrons. The SMILES string of the molecule is CCNC(=O)CNC(=O)c1ccc(OC(F)F)c(OCC)c1. The quantitative estimate of drug-likeness (QED) is 0.763. The summed E-state index contributed by atoms with van der Waals surface area (Å²) in [6.45, 7) is 0.957. The number of hydrogen-bond donors (Lipinski definition) is 2. The van der Waals surface area contributed by atoms with Crippen molar-refractivity contribution in [3.63, 3.8) is 0 Å². The number of likely N-dealkylation sites (N-methyl/N-ethyl adjacent to an activating group) is 1. The Hall–Kier alpha value is -2.38. The van der Waals surface area contributed by atoms with E-state index in [1.54, 1.807) is 13.8 Å². The van der Waals surface area contributed by atoms with Gasteiger partial charge in [-0.05, 0) is 32.0 Å². The molecule has 0 bridgehead atoms. The highest BCUT2D eigenvalue weighted by Crippen LogP contribution is 2.29. The van der Waals surface area contributed by atoms with E-state index in [1.165, 1.54) is 18.2 Å². The Balaban J connectivity index is 2.79.